The van der Waals surface area contributed by atoms with E-state index in [1.165, 1.54) is 27.7 Å². The molecular weight excluding hydrogens is 462 g/mol. The van der Waals surface area contributed by atoms with Gasteiger partial charge in [-0.05, 0) is 29.7 Å². The van der Waals surface area contributed by atoms with Crippen LogP contribution in [0.15, 0.2) is 63.8 Å². The van der Waals surface area contributed by atoms with Crippen LogP contribution in [0.2, 0.25) is 0 Å². The number of aromatic amines is 1. The maximum atomic E-state index is 12.7. The molecule has 1 aliphatic rings. The van der Waals surface area contributed by atoms with Crippen LogP contribution in [0.4, 0.5) is 5.95 Å². The number of fused-ring (bicyclic) bond motifs is 1. The number of carbonyl (C=O) groups is 1. The third-order valence-corrected chi connectivity index (χ3v) is 7.00. The van der Waals surface area contributed by atoms with Crippen molar-refractivity contribution in [2.45, 2.75) is 26.3 Å². The second-order valence-corrected chi connectivity index (χ2v) is 9.38. The number of carbonyl (C=O) groups excluding carboxylic acids is 1. The van der Waals surface area contributed by atoms with Crippen LogP contribution in [-0.4, -0.2) is 46.7 Å². The van der Waals surface area contributed by atoms with Crippen molar-refractivity contribution >= 4 is 34.0 Å². The largest absolute Gasteiger partial charge is 0.378 e. The van der Waals surface area contributed by atoms with Gasteiger partial charge in [0, 0.05) is 42.3 Å². The highest BCUT2D eigenvalue weighted by atomic mass is 32.1. The summed E-state index contributed by atoms with van der Waals surface area (Å²) in [5.74, 6) is 0.304. The Bertz CT molecular complexity index is 1470. The van der Waals surface area contributed by atoms with Crippen LogP contribution in [0.3, 0.4) is 0 Å². The molecule has 1 saturated heterocycles. The predicted octanol–water partition coefficient (Wildman–Crippen LogP) is 3.04. The minimum absolute atomic E-state index is 0.147. The fourth-order valence-electron chi connectivity index (χ4n) is 4.33. The number of aromatic nitrogens is 3. The molecule has 3 heterocycles. The van der Waals surface area contributed by atoms with Crippen LogP contribution >= 0.6 is 11.3 Å². The topological polar surface area (TPSA) is 92.6 Å². The molecule has 2 aromatic heterocycles. The highest BCUT2D eigenvalue weighted by Crippen LogP contribution is 2.19. The predicted molar refractivity (Wildman–Crippen MR) is 137 cm³/mol. The summed E-state index contributed by atoms with van der Waals surface area (Å²) in [5.41, 5.74) is 2.14. The van der Waals surface area contributed by atoms with E-state index < -0.39 is 0 Å². The van der Waals surface area contributed by atoms with Crippen LogP contribution in [0, 0.1) is 6.92 Å². The summed E-state index contributed by atoms with van der Waals surface area (Å²) in [4.78, 5) is 39.8. The van der Waals surface area contributed by atoms with Crippen molar-refractivity contribution in [3.05, 3.63) is 86.0 Å². The number of benzene rings is 2. The average Bonchev–Trinajstić information content (AvgIpc) is 3.30. The van der Waals surface area contributed by atoms with Gasteiger partial charge in [0.25, 0.3) is 5.56 Å². The zero-order valence-electron chi connectivity index (χ0n) is 19.6. The standard InChI is InChI=1S/C26H27N5O3S/c1-18-21(24(33)29-25(27-18)30-11-14-34-15-12-30)9-10-23(32)28-26-31(13-16-35-26)17-20-7-4-6-19-5-2-3-8-22(19)20/h2-8,13,16H,9-12,14-15,17H2,1H3,(H,27,29,33). The third kappa shape index (κ3) is 5.26. The van der Waals surface area contributed by atoms with Crippen molar-refractivity contribution in [3.63, 3.8) is 0 Å². The smallest absolute Gasteiger partial charge is 0.255 e. The summed E-state index contributed by atoms with van der Waals surface area (Å²) >= 11 is 1.43. The van der Waals surface area contributed by atoms with E-state index in [0.29, 0.717) is 61.3 Å². The van der Waals surface area contributed by atoms with E-state index in [9.17, 15) is 9.59 Å². The molecule has 0 saturated carbocycles. The molecule has 0 spiro atoms. The van der Waals surface area contributed by atoms with Crippen LogP contribution in [0.5, 0.6) is 0 Å². The molecule has 35 heavy (non-hydrogen) atoms. The molecule has 8 nitrogen and oxygen atoms in total. The number of ether oxygens (including phenoxy) is 1. The molecule has 0 aliphatic carbocycles. The van der Waals surface area contributed by atoms with Gasteiger partial charge in [0.1, 0.15) is 0 Å². The molecule has 1 fully saturated rings. The van der Waals surface area contributed by atoms with Crippen LogP contribution in [0.1, 0.15) is 23.2 Å². The van der Waals surface area contributed by atoms with E-state index in [0.717, 1.165) is 0 Å². The summed E-state index contributed by atoms with van der Waals surface area (Å²) in [7, 11) is 0. The molecule has 180 valence electrons. The minimum atomic E-state index is -0.254. The Balaban J connectivity index is 1.30. The van der Waals surface area contributed by atoms with Gasteiger partial charge in [0.2, 0.25) is 11.9 Å². The average molecular weight is 490 g/mol. The Morgan fingerprint density at radius 2 is 1.97 bits per heavy atom. The number of hydrogen-bond acceptors (Lipinski definition) is 6. The molecule has 1 N–H and O–H groups in total. The van der Waals surface area contributed by atoms with Crippen LogP contribution in [0.25, 0.3) is 10.8 Å². The number of amides is 1. The van der Waals surface area contributed by atoms with Gasteiger partial charge in [-0.2, -0.15) is 4.99 Å². The molecular formula is C26H27N5O3S. The number of anilines is 1. The molecule has 2 aromatic carbocycles. The Labute approximate surface area is 206 Å². The number of rotatable bonds is 6. The van der Waals surface area contributed by atoms with Gasteiger partial charge in [-0.3, -0.25) is 14.6 Å². The summed E-state index contributed by atoms with van der Waals surface area (Å²) in [6.07, 6.45) is 2.39. The second kappa shape index (κ2) is 10.4. The van der Waals surface area contributed by atoms with Gasteiger partial charge >= 0.3 is 0 Å². The number of hydrogen-bond donors (Lipinski definition) is 1. The molecule has 1 aliphatic heterocycles. The van der Waals surface area contributed by atoms with E-state index >= 15 is 0 Å². The maximum absolute atomic E-state index is 12.7. The first-order valence-corrected chi connectivity index (χ1v) is 12.6. The zero-order chi connectivity index (χ0) is 24.2. The normalized spacial score (nSPS) is 14.5. The summed E-state index contributed by atoms with van der Waals surface area (Å²) in [6.45, 7) is 5.06. The van der Waals surface area contributed by atoms with Gasteiger partial charge in [-0.25, -0.2) is 4.98 Å². The lowest BCUT2D eigenvalue weighted by molar-refractivity contribution is -0.118. The molecule has 0 unspecified atom stereocenters. The molecule has 4 aromatic rings. The quantitative estimate of drug-likeness (QED) is 0.450. The van der Waals surface area contributed by atoms with Crippen molar-refractivity contribution in [2.75, 3.05) is 31.2 Å². The Morgan fingerprint density at radius 3 is 2.80 bits per heavy atom. The van der Waals surface area contributed by atoms with E-state index in [-0.39, 0.29) is 17.9 Å². The van der Waals surface area contributed by atoms with E-state index in [2.05, 4.69) is 39.2 Å². The van der Waals surface area contributed by atoms with Gasteiger partial charge in [-0.15, -0.1) is 11.3 Å². The molecule has 9 heteroatoms. The van der Waals surface area contributed by atoms with E-state index in [4.69, 9.17) is 4.74 Å². The van der Waals surface area contributed by atoms with Crippen molar-refractivity contribution in [3.8, 4) is 0 Å². The maximum Gasteiger partial charge on any atom is 0.255 e. The first-order valence-electron chi connectivity index (χ1n) is 11.7. The van der Waals surface area contributed by atoms with Crippen LogP contribution < -0.4 is 15.3 Å². The van der Waals surface area contributed by atoms with Gasteiger partial charge in [-0.1, -0.05) is 42.5 Å². The lowest BCUT2D eigenvalue weighted by Gasteiger charge is -2.27. The molecule has 0 bridgehead atoms. The van der Waals surface area contributed by atoms with Crippen molar-refractivity contribution in [1.29, 1.82) is 0 Å². The van der Waals surface area contributed by atoms with Crippen molar-refractivity contribution in [2.24, 2.45) is 4.99 Å². The fraction of sp³-hybridized carbons (Fsp3) is 0.308. The molecule has 1 amide bonds. The van der Waals surface area contributed by atoms with Gasteiger partial charge in [0.05, 0.1) is 19.8 Å². The monoisotopic (exact) mass is 489 g/mol. The first kappa shape index (κ1) is 23.2. The van der Waals surface area contributed by atoms with E-state index in [1.807, 2.05) is 46.2 Å². The first-order chi connectivity index (χ1) is 17.1. The van der Waals surface area contributed by atoms with Gasteiger partial charge < -0.3 is 14.2 Å². The zero-order valence-corrected chi connectivity index (χ0v) is 20.4. The summed E-state index contributed by atoms with van der Waals surface area (Å²) < 4.78 is 7.35. The van der Waals surface area contributed by atoms with Crippen molar-refractivity contribution in [1.82, 2.24) is 14.5 Å². The van der Waals surface area contributed by atoms with E-state index in [1.54, 1.807) is 0 Å². The molecule has 5 rings (SSSR count). The Hall–Kier alpha value is -3.56. The minimum Gasteiger partial charge on any atom is -0.378 e. The van der Waals surface area contributed by atoms with Crippen molar-refractivity contribution < 1.29 is 9.53 Å². The third-order valence-electron chi connectivity index (χ3n) is 6.21. The lowest BCUT2D eigenvalue weighted by Crippen LogP contribution is -2.38. The highest BCUT2D eigenvalue weighted by molar-refractivity contribution is 7.07. The van der Waals surface area contributed by atoms with Gasteiger partial charge in [0.15, 0.2) is 4.80 Å². The lowest BCUT2D eigenvalue weighted by atomic mass is 10.0. The number of thiazole rings is 1. The SMILES string of the molecule is Cc1nc(N2CCOCC2)[nH]c(=O)c1CCC(=O)N=c1sccn1Cc1cccc2ccccc12. The number of aryl methyl sites for hydroxylation is 1. The number of morpholine rings is 1. The highest BCUT2D eigenvalue weighted by Gasteiger charge is 2.17. The van der Waals surface area contributed by atoms with Crippen LogP contribution in [-0.2, 0) is 22.5 Å². The summed E-state index contributed by atoms with van der Waals surface area (Å²) in [6, 6.07) is 14.5. The molecule has 0 atom stereocenters. The second-order valence-electron chi connectivity index (χ2n) is 8.51. The summed E-state index contributed by atoms with van der Waals surface area (Å²) in [5, 5.41) is 4.30. The fourth-order valence-corrected chi connectivity index (χ4v) is 5.08. The number of nitrogens with one attached hydrogen (secondary N) is 1. The number of nitrogens with zero attached hydrogens (tertiary/aromatic N) is 4. The Morgan fingerprint density at radius 1 is 1.17 bits per heavy atom. The number of H-pyrrole nitrogens is 1. The Kier molecular flexibility index (Phi) is 6.87. The molecule has 0 radical (unpaired) electrons.